The number of nitrogens with one attached hydrogen (secondary N) is 1. The SMILES string of the molecule is Cc1noc(C)c1CNC(=O)N1CCc2c(F)ccc(F)c2C1. The molecule has 7 heteroatoms. The van der Waals surface area contributed by atoms with E-state index in [1.54, 1.807) is 13.8 Å². The Morgan fingerprint density at radius 3 is 2.65 bits per heavy atom. The van der Waals surface area contributed by atoms with E-state index < -0.39 is 11.6 Å². The zero-order chi connectivity index (χ0) is 16.6. The van der Waals surface area contributed by atoms with E-state index >= 15 is 0 Å². The molecule has 0 radical (unpaired) electrons. The van der Waals surface area contributed by atoms with Crippen LogP contribution in [0.2, 0.25) is 0 Å². The van der Waals surface area contributed by atoms with Crippen molar-refractivity contribution in [1.82, 2.24) is 15.4 Å². The first-order valence-corrected chi connectivity index (χ1v) is 7.37. The molecule has 2 aromatic rings. The molecule has 0 bridgehead atoms. The quantitative estimate of drug-likeness (QED) is 0.925. The van der Waals surface area contributed by atoms with Gasteiger partial charge in [0.15, 0.2) is 0 Å². The molecule has 2 heterocycles. The largest absolute Gasteiger partial charge is 0.361 e. The van der Waals surface area contributed by atoms with Gasteiger partial charge in [0.25, 0.3) is 0 Å². The fourth-order valence-electron chi connectivity index (χ4n) is 2.80. The number of hydrogen-bond donors (Lipinski definition) is 1. The Bertz CT molecular complexity index is 739. The number of halogens is 2. The van der Waals surface area contributed by atoms with Crippen molar-refractivity contribution in [3.8, 4) is 0 Å². The van der Waals surface area contributed by atoms with Crippen LogP contribution < -0.4 is 5.32 Å². The number of amides is 2. The number of urea groups is 1. The van der Waals surface area contributed by atoms with Crippen LogP contribution in [0, 0.1) is 25.5 Å². The van der Waals surface area contributed by atoms with Gasteiger partial charge < -0.3 is 14.7 Å². The van der Waals surface area contributed by atoms with Crippen LogP contribution in [0.3, 0.4) is 0 Å². The predicted molar refractivity (Wildman–Crippen MR) is 78.7 cm³/mol. The van der Waals surface area contributed by atoms with Crippen LogP contribution >= 0.6 is 0 Å². The van der Waals surface area contributed by atoms with Crippen LogP contribution in [0.1, 0.15) is 28.1 Å². The van der Waals surface area contributed by atoms with Crippen LogP contribution in [0.4, 0.5) is 13.6 Å². The minimum absolute atomic E-state index is 0.0619. The van der Waals surface area contributed by atoms with Crippen molar-refractivity contribution < 1.29 is 18.1 Å². The summed E-state index contributed by atoms with van der Waals surface area (Å²) in [7, 11) is 0. The maximum atomic E-state index is 13.9. The van der Waals surface area contributed by atoms with Gasteiger partial charge in [0, 0.05) is 24.2 Å². The standard InChI is InChI=1S/C16H17F2N3O2/c1-9-12(10(2)23-20-9)7-19-16(22)21-6-5-11-13(8-21)15(18)4-3-14(11)17/h3-4H,5-8H2,1-2H3,(H,19,22). The summed E-state index contributed by atoms with van der Waals surface area (Å²) in [5.74, 6) is -0.248. The van der Waals surface area contributed by atoms with Gasteiger partial charge in [-0.25, -0.2) is 13.6 Å². The maximum Gasteiger partial charge on any atom is 0.317 e. The highest BCUT2D eigenvalue weighted by Gasteiger charge is 2.25. The third-order valence-corrected chi connectivity index (χ3v) is 4.18. The number of fused-ring (bicyclic) bond motifs is 1. The summed E-state index contributed by atoms with van der Waals surface area (Å²) >= 11 is 0. The van der Waals surface area contributed by atoms with Crippen LogP contribution in [0.15, 0.2) is 16.7 Å². The Morgan fingerprint density at radius 1 is 1.30 bits per heavy atom. The lowest BCUT2D eigenvalue weighted by molar-refractivity contribution is 0.190. The van der Waals surface area contributed by atoms with Crippen molar-refractivity contribution in [3.63, 3.8) is 0 Å². The Kier molecular flexibility index (Phi) is 4.02. The van der Waals surface area contributed by atoms with Crippen molar-refractivity contribution in [3.05, 3.63) is 51.9 Å². The maximum absolute atomic E-state index is 13.9. The van der Waals surface area contributed by atoms with Crippen molar-refractivity contribution in [2.45, 2.75) is 33.4 Å². The zero-order valence-electron chi connectivity index (χ0n) is 12.9. The zero-order valence-corrected chi connectivity index (χ0v) is 12.9. The topological polar surface area (TPSA) is 58.4 Å². The highest BCUT2D eigenvalue weighted by molar-refractivity contribution is 5.74. The molecular weight excluding hydrogens is 304 g/mol. The fourth-order valence-corrected chi connectivity index (χ4v) is 2.80. The molecule has 0 fully saturated rings. The first kappa shape index (κ1) is 15.5. The molecule has 1 N–H and O–H groups in total. The van der Waals surface area contributed by atoms with Crippen molar-refractivity contribution in [2.24, 2.45) is 0 Å². The average Bonchev–Trinajstić information content (AvgIpc) is 2.87. The summed E-state index contributed by atoms with van der Waals surface area (Å²) in [5, 5.41) is 6.60. The Labute approximate surface area is 132 Å². The smallest absolute Gasteiger partial charge is 0.317 e. The number of nitrogens with zero attached hydrogens (tertiary/aromatic N) is 2. The Balaban J connectivity index is 1.69. The van der Waals surface area contributed by atoms with Crippen molar-refractivity contribution in [1.29, 1.82) is 0 Å². The number of hydrogen-bond acceptors (Lipinski definition) is 3. The molecule has 23 heavy (non-hydrogen) atoms. The highest BCUT2D eigenvalue weighted by atomic mass is 19.1. The van der Waals surface area contributed by atoms with Gasteiger partial charge in [0.1, 0.15) is 17.4 Å². The van der Waals surface area contributed by atoms with Gasteiger partial charge >= 0.3 is 6.03 Å². The fraction of sp³-hybridized carbons (Fsp3) is 0.375. The second kappa shape index (κ2) is 5.98. The van der Waals surface area contributed by atoms with Crippen molar-refractivity contribution in [2.75, 3.05) is 6.54 Å². The molecule has 2 amide bonds. The van der Waals surface area contributed by atoms with E-state index in [9.17, 15) is 13.6 Å². The lowest BCUT2D eigenvalue weighted by Gasteiger charge is -2.29. The number of carbonyl (C=O) groups excluding carboxylic acids is 1. The number of rotatable bonds is 2. The van der Waals surface area contributed by atoms with Crippen LogP contribution in [0.5, 0.6) is 0 Å². The minimum atomic E-state index is -0.482. The van der Waals surface area contributed by atoms with Gasteiger partial charge in [-0.2, -0.15) is 0 Å². The summed E-state index contributed by atoms with van der Waals surface area (Å²) in [6, 6.07) is 1.90. The van der Waals surface area contributed by atoms with Crippen molar-refractivity contribution >= 4 is 6.03 Å². The summed E-state index contributed by atoms with van der Waals surface area (Å²) in [5.41, 5.74) is 2.16. The number of aryl methyl sites for hydroxylation is 2. The molecule has 1 aromatic heterocycles. The molecule has 5 nitrogen and oxygen atoms in total. The van der Waals surface area contributed by atoms with E-state index in [-0.39, 0.29) is 24.7 Å². The van der Waals surface area contributed by atoms with Gasteiger partial charge in [0.2, 0.25) is 0 Å². The molecule has 3 rings (SSSR count). The molecule has 0 saturated carbocycles. The van der Waals surface area contributed by atoms with Crippen LogP contribution in [-0.2, 0) is 19.5 Å². The molecule has 0 unspecified atom stereocenters. The Morgan fingerprint density at radius 2 is 2.00 bits per heavy atom. The van der Waals surface area contributed by atoms with E-state index in [0.29, 0.717) is 24.3 Å². The Hall–Kier alpha value is -2.44. The lowest BCUT2D eigenvalue weighted by atomic mass is 9.99. The second-order valence-corrected chi connectivity index (χ2v) is 5.62. The minimum Gasteiger partial charge on any atom is -0.361 e. The molecule has 1 aliphatic rings. The molecular formula is C16H17F2N3O2. The highest BCUT2D eigenvalue weighted by Crippen LogP contribution is 2.24. The van der Waals surface area contributed by atoms with Gasteiger partial charge in [-0.15, -0.1) is 0 Å². The van der Waals surface area contributed by atoms with Crippen LogP contribution in [0.25, 0.3) is 0 Å². The normalized spacial score (nSPS) is 13.8. The van der Waals surface area contributed by atoms with E-state index in [4.69, 9.17) is 4.52 Å². The summed E-state index contributed by atoms with van der Waals surface area (Å²) in [4.78, 5) is 13.7. The number of aromatic nitrogens is 1. The molecule has 1 aliphatic heterocycles. The first-order valence-electron chi connectivity index (χ1n) is 7.37. The summed E-state index contributed by atoms with van der Waals surface area (Å²) < 4.78 is 32.6. The number of benzene rings is 1. The molecule has 0 saturated heterocycles. The third-order valence-electron chi connectivity index (χ3n) is 4.18. The second-order valence-electron chi connectivity index (χ2n) is 5.62. The molecule has 122 valence electrons. The summed E-state index contributed by atoms with van der Waals surface area (Å²) in [6.07, 6.45) is 0.303. The predicted octanol–water partition coefficient (Wildman–Crippen LogP) is 2.84. The lowest BCUT2D eigenvalue weighted by Crippen LogP contribution is -2.43. The van der Waals surface area contributed by atoms with Gasteiger partial charge in [-0.1, -0.05) is 5.16 Å². The molecule has 0 aliphatic carbocycles. The first-order chi connectivity index (χ1) is 11.0. The van der Waals surface area contributed by atoms with Gasteiger partial charge in [0.05, 0.1) is 12.2 Å². The van der Waals surface area contributed by atoms with E-state index in [1.165, 1.54) is 4.90 Å². The van der Waals surface area contributed by atoms with Crippen LogP contribution in [-0.4, -0.2) is 22.6 Å². The van der Waals surface area contributed by atoms with E-state index in [2.05, 4.69) is 10.5 Å². The summed E-state index contributed by atoms with van der Waals surface area (Å²) in [6.45, 7) is 4.27. The molecule has 1 aromatic carbocycles. The monoisotopic (exact) mass is 321 g/mol. The van der Waals surface area contributed by atoms with Gasteiger partial charge in [-0.3, -0.25) is 0 Å². The van der Waals surface area contributed by atoms with Gasteiger partial charge in [-0.05, 0) is 38.0 Å². The van der Waals surface area contributed by atoms with E-state index in [0.717, 1.165) is 23.4 Å². The average molecular weight is 321 g/mol. The molecule has 0 spiro atoms. The molecule has 0 atom stereocenters. The third kappa shape index (κ3) is 2.91. The number of carbonyl (C=O) groups is 1. The van der Waals surface area contributed by atoms with E-state index in [1.807, 2.05) is 0 Å².